The van der Waals surface area contributed by atoms with Crippen LogP contribution in [-0.2, 0) is 64.8 Å². The quantitative estimate of drug-likeness (QED) is 0.00931. The molecule has 16 rings (SSSR count). The monoisotopic (exact) mass is 2090 g/mol. The summed E-state index contributed by atoms with van der Waals surface area (Å²) in [7, 11) is 0. The number of imidazole rings is 2. The third-order valence-electron chi connectivity index (χ3n) is 22.2. The number of benzene rings is 6. The number of carboxylic acid groups (broad SMARTS) is 1. The zero-order chi connectivity index (χ0) is 108. The van der Waals surface area contributed by atoms with Gasteiger partial charge in [-0.15, -0.1) is 0 Å². The molecule has 6 aromatic carbocycles. The standard InChI is InChI=1S/C25H22ClF3N4O3.C21H14ClF3N4O3.C16H22N2O3.C16H19NO2.C15H17NO2.C8H6BrN.C7H12O2/c1-12-7-13(16-9-17(16)23(34)35-24(2,3)4)5-6-15(12)20-31-22(36-32-20)19-11-33-10-14(25(27,28)29)8-18(26)21(33)30-19;1-9-4-10(13-6-14(13)20(30)31)2-3-12(9)17-27-19(32-28-17)16-8-29-7-11(21(23,24)25)5-15(22)18(29)26-16;1-9-7-10(5-6-11(9)14(17)18-20)12-8-13(12)15(19)21-16(2,3)4;1-10-8-11(6-7-14(10)17-5)12-9-13(12)15(18)19-16(2,3)4;1-11-10-12(6-8-13(11)16-5)7-9-14(17)18-15(2,3)4;1-6-5-7(9)3-4-8(6)10-2;1-5-6(8)9-7(2,3)4/h5-8,10-11,16-17H,9H2,1-4H3;2-5,7-8,13-14H,6H2,1H3,(H,30,31);5-7,12-13,20H,8H2,1-4H3,(H2,17,18);6-8,12-13H,9H2,1-4H3;6-10H,1-4H3;3-5H,1H3;5H,1H2,2-4H3/b;;;;9-7+;;. The molecule has 4 saturated carbocycles. The number of amidine groups is 1. The largest absolute Gasteiger partial charge is 0.481 e. The van der Waals surface area contributed by atoms with Crippen LogP contribution in [0.25, 0.3) is 77.9 Å². The number of nitrogens with zero attached hydrogens (tertiary/aromatic N) is 12. The van der Waals surface area contributed by atoms with Gasteiger partial charge in [0.1, 0.15) is 39.4 Å². The fourth-order valence-corrected chi connectivity index (χ4v) is 16.1. The zero-order valence-corrected chi connectivity index (χ0v) is 86.9. The Bertz CT molecular complexity index is 7090. The molecule has 4 N–H and O–H groups in total. The fraction of sp³-hybridized carbons (Fsp3) is 0.370. The van der Waals surface area contributed by atoms with Crippen LogP contribution in [0.5, 0.6) is 0 Å². The van der Waals surface area contributed by atoms with Crippen molar-refractivity contribution in [3.63, 3.8) is 0 Å². The molecule has 8 unspecified atom stereocenters. The molecular weight excluding hydrogens is 1980 g/mol. The molecule has 0 spiro atoms. The lowest BCUT2D eigenvalue weighted by molar-refractivity contribution is -0.157. The van der Waals surface area contributed by atoms with Crippen molar-refractivity contribution in [2.45, 2.75) is 235 Å². The average molecular weight is 2100 g/mol. The van der Waals surface area contributed by atoms with Gasteiger partial charge in [0.05, 0.1) is 64.6 Å². The molecule has 762 valence electrons. The van der Waals surface area contributed by atoms with Gasteiger partial charge in [0.15, 0.2) is 34.2 Å². The van der Waals surface area contributed by atoms with Gasteiger partial charge in [0.25, 0.3) is 11.8 Å². The first kappa shape index (κ1) is 113. The van der Waals surface area contributed by atoms with Crippen LogP contribution in [0.15, 0.2) is 184 Å². The molecule has 4 aliphatic carbocycles. The summed E-state index contributed by atoms with van der Waals surface area (Å²) in [5, 5.41) is 28.5. The highest BCUT2D eigenvalue weighted by molar-refractivity contribution is 9.10. The number of pyridine rings is 2. The average Bonchev–Trinajstić information content (AvgIpc) is 1.65. The van der Waals surface area contributed by atoms with E-state index in [9.17, 15) is 55.1 Å². The molecule has 0 saturated heterocycles. The summed E-state index contributed by atoms with van der Waals surface area (Å²) in [6.45, 7) is 63.2. The molecule has 4 fully saturated rings. The van der Waals surface area contributed by atoms with Crippen molar-refractivity contribution < 1.29 is 98.2 Å². The van der Waals surface area contributed by atoms with E-state index < -0.39 is 57.5 Å². The first-order chi connectivity index (χ1) is 67.5. The molecule has 12 aromatic rings. The third kappa shape index (κ3) is 31.8. The number of hydrogen-bond donors (Lipinski definition) is 3. The molecule has 28 nitrogen and oxygen atoms in total. The van der Waals surface area contributed by atoms with Gasteiger partial charge < -0.3 is 57.6 Å². The summed E-state index contributed by atoms with van der Waals surface area (Å²) in [4.78, 5) is 96.7. The van der Waals surface area contributed by atoms with E-state index in [1.54, 1.807) is 24.3 Å². The zero-order valence-electron chi connectivity index (χ0n) is 83.8. The van der Waals surface area contributed by atoms with Crippen LogP contribution in [0.3, 0.4) is 0 Å². The molecule has 0 amide bonds. The SMILES string of the molecule is C=CC(=O)OC(C)(C)C.Cc1cc(C2CC2C(=O)O)ccc1-c1noc(-c2cn3cc(C(F)(F)F)cc(Cl)c3n2)n1.Cc1cc(C2CC2C(=O)OC(C)(C)C)ccc1-c1noc(-c2cn3cc(C(F)(F)F)cc(Cl)c3n2)n1.Cc1cc(C2CC2C(=O)OC(C)(C)C)ccc1/C(N)=N/O.[C-]#[N+]c1ccc(/C=C/C(=O)OC(C)(C)C)cc1C.[C-]#[N+]c1ccc(Br)cc1C.[C-]#[N+]c1ccc(C2CC2C(=O)OC(C)(C)C)cc1C. The Morgan fingerprint density at radius 1 is 0.469 bits per heavy atom. The van der Waals surface area contributed by atoms with Crippen LogP contribution in [0.2, 0.25) is 10.0 Å². The summed E-state index contributed by atoms with van der Waals surface area (Å²) in [6, 6.07) is 35.6. The predicted octanol–water partition coefficient (Wildman–Crippen LogP) is 26.9. The Kier molecular flexibility index (Phi) is 35.5. The smallest absolute Gasteiger partial charge is 0.417 e. The van der Waals surface area contributed by atoms with Crippen molar-refractivity contribution >= 4 is 115 Å². The second-order valence-electron chi connectivity index (χ2n) is 40.1. The van der Waals surface area contributed by atoms with Crippen LogP contribution >= 0.6 is 39.1 Å². The Balaban J connectivity index is 0.000000181. The lowest BCUT2D eigenvalue weighted by atomic mass is 10.0. The number of oxime groups is 1. The molecule has 8 atom stereocenters. The van der Waals surface area contributed by atoms with Crippen LogP contribution in [0.1, 0.15) is 231 Å². The first-order valence-electron chi connectivity index (χ1n) is 45.7. The maximum absolute atomic E-state index is 13.1. The molecule has 0 radical (unpaired) electrons. The molecule has 0 bridgehead atoms. The van der Waals surface area contributed by atoms with Gasteiger partial charge >= 0.3 is 48.2 Å². The number of esters is 5. The van der Waals surface area contributed by atoms with Gasteiger partial charge in [-0.25, -0.2) is 34.1 Å². The van der Waals surface area contributed by atoms with Crippen molar-refractivity contribution in [3.05, 3.63) is 292 Å². The van der Waals surface area contributed by atoms with Crippen LogP contribution in [0.4, 0.5) is 43.4 Å². The lowest BCUT2D eigenvalue weighted by Crippen LogP contribution is -2.25. The number of hydrogen-bond acceptors (Lipinski definition) is 21. The number of rotatable bonds is 16. The van der Waals surface area contributed by atoms with Gasteiger partial charge in [0, 0.05) is 58.1 Å². The topological polar surface area (TPSA) is 353 Å². The number of ether oxygens (including phenoxy) is 5. The van der Waals surface area contributed by atoms with Gasteiger partial charge in [-0.2, -0.15) is 36.3 Å². The maximum atomic E-state index is 13.1. The van der Waals surface area contributed by atoms with E-state index in [0.717, 1.165) is 127 Å². The molecule has 145 heavy (non-hydrogen) atoms. The lowest BCUT2D eigenvalue weighted by Gasteiger charge is -2.19. The van der Waals surface area contributed by atoms with E-state index in [1.165, 1.54) is 27.3 Å². The summed E-state index contributed by atoms with van der Waals surface area (Å²) in [6.07, 6.45) is 2.67. The molecule has 6 heterocycles. The van der Waals surface area contributed by atoms with E-state index in [1.807, 2.05) is 236 Å². The number of aromatic nitrogens is 8. The Hall–Kier alpha value is -14.3. The second kappa shape index (κ2) is 45.7. The summed E-state index contributed by atoms with van der Waals surface area (Å²) in [5.74, 6) is -1.18. The Morgan fingerprint density at radius 3 is 1.14 bits per heavy atom. The number of halogens is 9. The van der Waals surface area contributed by atoms with Crippen molar-refractivity contribution in [1.82, 2.24) is 39.1 Å². The number of fused-ring (bicyclic) bond motifs is 2. The molecule has 0 aliphatic heterocycles. The van der Waals surface area contributed by atoms with Gasteiger partial charge in [-0.3, -0.25) is 19.2 Å². The number of carbonyl (C=O) groups excluding carboxylic acids is 5. The number of aryl methyl sites for hydroxylation is 6. The highest BCUT2D eigenvalue weighted by Gasteiger charge is 2.50. The molecule has 4 aliphatic rings. The fourth-order valence-electron chi connectivity index (χ4n) is 15.1. The van der Waals surface area contributed by atoms with Crippen molar-refractivity contribution in [2.75, 3.05) is 0 Å². The first-order valence-corrected chi connectivity index (χ1v) is 47.3. The number of alkyl halides is 6. The minimum absolute atomic E-state index is 0.00499. The number of carboxylic acids is 1. The van der Waals surface area contributed by atoms with E-state index in [-0.39, 0.29) is 133 Å². The minimum Gasteiger partial charge on any atom is -0.481 e. The van der Waals surface area contributed by atoms with Crippen LogP contribution in [0, 0.1) is 84.9 Å². The Morgan fingerprint density at radius 2 is 0.814 bits per heavy atom. The predicted molar refractivity (Wildman–Crippen MR) is 541 cm³/mol. The van der Waals surface area contributed by atoms with E-state index >= 15 is 0 Å². The van der Waals surface area contributed by atoms with Crippen LogP contribution < -0.4 is 5.73 Å². The van der Waals surface area contributed by atoms with Crippen molar-refractivity contribution in [2.24, 2.45) is 34.6 Å². The normalized spacial score (nSPS) is 17.2. The molecular formula is C108H112BrCl2F6N13O15. The molecule has 6 aromatic heterocycles. The summed E-state index contributed by atoms with van der Waals surface area (Å²) < 4.78 is 119. The molecule has 37 heteroatoms. The van der Waals surface area contributed by atoms with Crippen molar-refractivity contribution in [3.8, 4) is 45.9 Å². The Labute approximate surface area is 854 Å². The van der Waals surface area contributed by atoms with Gasteiger partial charge in [0.2, 0.25) is 11.6 Å². The summed E-state index contributed by atoms with van der Waals surface area (Å²) in [5.41, 5.74) is 17.0. The highest BCUT2D eigenvalue weighted by Crippen LogP contribution is 2.53. The van der Waals surface area contributed by atoms with Gasteiger partial charge in [-0.1, -0.05) is 170 Å². The third-order valence-corrected chi connectivity index (χ3v) is 23.3. The van der Waals surface area contributed by atoms with E-state index in [2.05, 4.69) is 72.4 Å². The van der Waals surface area contributed by atoms with E-state index in [4.69, 9.17) is 91.7 Å². The number of aliphatic carboxylic acids is 1. The van der Waals surface area contributed by atoms with Crippen molar-refractivity contribution in [1.29, 1.82) is 0 Å². The van der Waals surface area contributed by atoms with E-state index in [0.29, 0.717) is 34.7 Å². The number of carbonyl (C=O) groups is 6. The second-order valence-corrected chi connectivity index (χ2v) is 41.8. The van der Waals surface area contributed by atoms with Gasteiger partial charge in [-0.05, 0) is 274 Å². The summed E-state index contributed by atoms with van der Waals surface area (Å²) >= 11 is 15.3. The minimum atomic E-state index is -4.55. The highest BCUT2D eigenvalue weighted by atomic mass is 79.9. The van der Waals surface area contributed by atoms with Crippen LogP contribution in [-0.4, -0.2) is 119 Å². The number of nitrogens with two attached hydrogens (primary N) is 1. The maximum Gasteiger partial charge on any atom is 0.417 e.